The summed E-state index contributed by atoms with van der Waals surface area (Å²) in [6.07, 6.45) is 3.61. The highest BCUT2D eigenvalue weighted by Crippen LogP contribution is 2.44. The zero-order valence-electron chi connectivity index (χ0n) is 8.48. The lowest BCUT2D eigenvalue weighted by atomic mass is 9.63. The van der Waals surface area contributed by atoms with Crippen molar-refractivity contribution in [2.24, 2.45) is 15.8 Å². The fourth-order valence-electron chi connectivity index (χ4n) is 1.52. The summed E-state index contributed by atoms with van der Waals surface area (Å²) in [5.41, 5.74) is -0.0265. The Labute approximate surface area is 79.4 Å². The van der Waals surface area contributed by atoms with Crippen LogP contribution in [-0.2, 0) is 4.79 Å². The highest BCUT2D eigenvalue weighted by molar-refractivity contribution is 5.34. The average molecular weight is 177 g/mol. The fraction of sp³-hybridized carbons (Fsp3) is 0.727. The van der Waals surface area contributed by atoms with Gasteiger partial charge in [-0.25, -0.2) is 9.79 Å². The molecule has 0 bridgehead atoms. The zero-order valence-corrected chi connectivity index (χ0v) is 8.48. The second-order valence-electron chi connectivity index (χ2n) is 4.43. The summed E-state index contributed by atoms with van der Waals surface area (Å²) in [4.78, 5) is 13.7. The van der Waals surface area contributed by atoms with Crippen LogP contribution in [0.25, 0.3) is 0 Å². The molecule has 0 aromatic heterocycles. The third kappa shape index (κ3) is 1.82. The molecule has 0 aliphatic heterocycles. The van der Waals surface area contributed by atoms with Crippen LogP contribution in [0.5, 0.6) is 0 Å². The molecule has 0 aromatic rings. The van der Waals surface area contributed by atoms with Crippen LogP contribution < -0.4 is 0 Å². The molecule has 0 aromatic carbocycles. The molecule has 1 aliphatic rings. The van der Waals surface area contributed by atoms with E-state index in [0.717, 1.165) is 12.8 Å². The molecule has 1 aliphatic carbocycles. The lowest BCUT2D eigenvalue weighted by Crippen LogP contribution is -2.38. The van der Waals surface area contributed by atoms with Gasteiger partial charge in [0.25, 0.3) is 0 Å². The Morgan fingerprint density at radius 3 is 2.69 bits per heavy atom. The van der Waals surface area contributed by atoms with Gasteiger partial charge in [-0.3, -0.25) is 0 Å². The predicted molar refractivity (Wildman–Crippen MR) is 51.9 cm³/mol. The van der Waals surface area contributed by atoms with Crippen molar-refractivity contribution in [2.75, 3.05) is 6.54 Å². The number of rotatable bonds is 2. The molecule has 70 valence electrons. The molecule has 0 spiro atoms. The molecular weight excluding hydrogens is 162 g/mol. The fourth-order valence-corrected chi connectivity index (χ4v) is 1.52. The maximum Gasteiger partial charge on any atom is 0.234 e. The van der Waals surface area contributed by atoms with Gasteiger partial charge < -0.3 is 0 Å². The molecule has 0 radical (unpaired) electrons. The van der Waals surface area contributed by atoms with E-state index >= 15 is 0 Å². The van der Waals surface area contributed by atoms with Crippen LogP contribution in [0.15, 0.2) is 4.99 Å². The first-order valence-corrected chi connectivity index (χ1v) is 4.55. The first kappa shape index (κ1) is 10.0. The number of hydrogen-bond donors (Lipinski definition) is 0. The van der Waals surface area contributed by atoms with Crippen molar-refractivity contribution in [3.8, 4) is 11.8 Å². The summed E-state index contributed by atoms with van der Waals surface area (Å²) >= 11 is 0. The van der Waals surface area contributed by atoms with Gasteiger partial charge in [-0.15, -0.1) is 5.92 Å². The lowest BCUT2D eigenvalue weighted by Gasteiger charge is -2.41. The highest BCUT2D eigenvalue weighted by Gasteiger charge is 2.40. The maximum atomic E-state index is 10.1. The van der Waals surface area contributed by atoms with Crippen LogP contribution in [0.2, 0.25) is 0 Å². The van der Waals surface area contributed by atoms with Crippen molar-refractivity contribution in [1.29, 1.82) is 0 Å². The van der Waals surface area contributed by atoms with Crippen LogP contribution in [0.4, 0.5) is 0 Å². The normalized spacial score (nSPS) is 29.8. The van der Waals surface area contributed by atoms with Crippen molar-refractivity contribution in [3.63, 3.8) is 0 Å². The van der Waals surface area contributed by atoms with Crippen LogP contribution in [-0.4, -0.2) is 12.6 Å². The SMILES string of the molecule is CC1(C)CCC#CC1(C)CN=C=O. The predicted octanol–water partition coefficient (Wildman–Crippen LogP) is 2.15. The number of isocyanates is 1. The summed E-state index contributed by atoms with van der Waals surface area (Å²) in [5.74, 6) is 6.30. The molecule has 0 saturated heterocycles. The molecule has 13 heavy (non-hydrogen) atoms. The topological polar surface area (TPSA) is 29.4 Å². The summed E-state index contributed by atoms with van der Waals surface area (Å²) < 4.78 is 0. The van der Waals surface area contributed by atoms with Gasteiger partial charge in [0.15, 0.2) is 0 Å². The number of carbonyl (C=O) groups excluding carboxylic acids is 1. The summed E-state index contributed by atoms with van der Waals surface area (Å²) in [6, 6.07) is 0. The zero-order chi connectivity index (χ0) is 9.95. The summed E-state index contributed by atoms with van der Waals surface area (Å²) in [7, 11) is 0. The van der Waals surface area contributed by atoms with Crippen LogP contribution in [0, 0.1) is 22.7 Å². The minimum atomic E-state index is -0.164. The first-order valence-electron chi connectivity index (χ1n) is 4.55. The van der Waals surface area contributed by atoms with E-state index in [9.17, 15) is 4.79 Å². The average Bonchev–Trinajstić information content (AvgIpc) is 2.07. The Morgan fingerprint density at radius 2 is 2.15 bits per heavy atom. The Morgan fingerprint density at radius 1 is 1.46 bits per heavy atom. The number of hydrogen-bond acceptors (Lipinski definition) is 2. The highest BCUT2D eigenvalue weighted by atomic mass is 16.1. The van der Waals surface area contributed by atoms with Crippen LogP contribution in [0.1, 0.15) is 33.6 Å². The Hall–Kier alpha value is -1.06. The van der Waals surface area contributed by atoms with Gasteiger partial charge in [-0.1, -0.05) is 19.8 Å². The summed E-state index contributed by atoms with van der Waals surface area (Å²) in [6.45, 7) is 6.90. The molecule has 0 saturated carbocycles. The number of nitrogens with zero attached hydrogens (tertiary/aromatic N) is 1. The van der Waals surface area contributed by atoms with Crippen LogP contribution >= 0.6 is 0 Å². The standard InChI is InChI=1S/C11H15NO/c1-10(2)6-4-5-7-11(10,3)8-12-9-13/h4,6,8H2,1-3H3. The third-order valence-corrected chi connectivity index (χ3v) is 3.19. The number of aliphatic imine (C=N–C) groups is 1. The third-order valence-electron chi connectivity index (χ3n) is 3.19. The van der Waals surface area contributed by atoms with E-state index in [1.54, 1.807) is 6.08 Å². The van der Waals surface area contributed by atoms with E-state index in [4.69, 9.17) is 0 Å². The van der Waals surface area contributed by atoms with E-state index in [-0.39, 0.29) is 10.8 Å². The van der Waals surface area contributed by atoms with Gasteiger partial charge in [-0.2, -0.15) is 0 Å². The second kappa shape index (κ2) is 3.36. The second-order valence-corrected chi connectivity index (χ2v) is 4.43. The molecule has 2 nitrogen and oxygen atoms in total. The minimum absolute atomic E-state index is 0.137. The molecular formula is C11H15NO. The van der Waals surface area contributed by atoms with Crippen molar-refractivity contribution in [2.45, 2.75) is 33.6 Å². The smallest absolute Gasteiger partial charge is 0.211 e. The molecule has 0 amide bonds. The van der Waals surface area contributed by atoms with Gasteiger partial charge in [-0.05, 0) is 18.8 Å². The van der Waals surface area contributed by atoms with Gasteiger partial charge in [0.2, 0.25) is 6.08 Å². The van der Waals surface area contributed by atoms with Crippen LogP contribution in [0.3, 0.4) is 0 Å². The largest absolute Gasteiger partial charge is 0.234 e. The Bertz CT molecular complexity index is 302. The molecule has 1 atom stereocenters. The quantitative estimate of drug-likeness (QED) is 0.361. The van der Waals surface area contributed by atoms with E-state index in [2.05, 4.69) is 37.6 Å². The summed E-state index contributed by atoms with van der Waals surface area (Å²) in [5, 5.41) is 0. The maximum absolute atomic E-state index is 10.1. The van der Waals surface area contributed by atoms with E-state index in [1.165, 1.54) is 0 Å². The lowest BCUT2D eigenvalue weighted by molar-refractivity contribution is 0.146. The van der Waals surface area contributed by atoms with Gasteiger partial charge >= 0.3 is 0 Å². The monoisotopic (exact) mass is 177 g/mol. The van der Waals surface area contributed by atoms with E-state index < -0.39 is 0 Å². The Balaban J connectivity index is 2.93. The van der Waals surface area contributed by atoms with Crippen molar-refractivity contribution in [3.05, 3.63) is 0 Å². The van der Waals surface area contributed by atoms with E-state index in [1.807, 2.05) is 0 Å². The molecule has 1 rings (SSSR count). The molecule has 1 unspecified atom stereocenters. The van der Waals surface area contributed by atoms with Crippen molar-refractivity contribution in [1.82, 2.24) is 0 Å². The van der Waals surface area contributed by atoms with Gasteiger partial charge in [0, 0.05) is 6.42 Å². The molecule has 0 N–H and O–H groups in total. The minimum Gasteiger partial charge on any atom is -0.211 e. The Kier molecular flexibility index (Phi) is 2.59. The first-order chi connectivity index (χ1) is 6.02. The van der Waals surface area contributed by atoms with Crippen molar-refractivity contribution < 1.29 is 4.79 Å². The van der Waals surface area contributed by atoms with E-state index in [0.29, 0.717) is 6.54 Å². The van der Waals surface area contributed by atoms with Crippen molar-refractivity contribution >= 4 is 6.08 Å². The molecule has 0 fully saturated rings. The molecule has 0 heterocycles. The van der Waals surface area contributed by atoms with Gasteiger partial charge in [0.1, 0.15) is 0 Å². The van der Waals surface area contributed by atoms with Gasteiger partial charge in [0.05, 0.1) is 12.0 Å². The molecule has 2 heteroatoms.